The first-order chi connectivity index (χ1) is 7.56. The van der Waals surface area contributed by atoms with Crippen LogP contribution in [0.3, 0.4) is 0 Å². The summed E-state index contributed by atoms with van der Waals surface area (Å²) in [6.07, 6.45) is -4.35. The first-order valence-electron chi connectivity index (χ1n) is 4.67. The smallest absolute Gasteiger partial charge is 0.240 e. The summed E-state index contributed by atoms with van der Waals surface area (Å²) in [5, 5.41) is 28.2. The van der Waals surface area contributed by atoms with E-state index in [1.807, 2.05) is 0 Å². The highest BCUT2D eigenvalue weighted by Crippen LogP contribution is 2.30. The van der Waals surface area contributed by atoms with E-state index in [4.69, 9.17) is 22.1 Å². The molecule has 0 bridgehead atoms. The molecule has 0 saturated carbocycles. The lowest BCUT2D eigenvalue weighted by Crippen LogP contribution is -2.46. The van der Waals surface area contributed by atoms with Crippen molar-refractivity contribution in [3.8, 4) is 0 Å². The Balaban J connectivity index is 2.16. The molecule has 2 aliphatic rings. The predicted octanol–water partition coefficient (Wildman–Crippen LogP) is -1.71. The molecule has 2 heterocycles. The highest BCUT2D eigenvalue weighted by Gasteiger charge is 2.49. The maximum Gasteiger partial charge on any atom is 0.240 e. The van der Waals surface area contributed by atoms with Gasteiger partial charge >= 0.3 is 0 Å². The van der Waals surface area contributed by atoms with Crippen molar-refractivity contribution in [1.82, 2.24) is 4.90 Å². The van der Waals surface area contributed by atoms with Crippen LogP contribution in [-0.4, -0.2) is 67.3 Å². The number of rotatable bonds is 2. The summed E-state index contributed by atoms with van der Waals surface area (Å²) in [5.41, 5.74) is 0. The molecule has 90 valence electrons. The van der Waals surface area contributed by atoms with Gasteiger partial charge in [-0.3, -0.25) is 9.69 Å². The van der Waals surface area contributed by atoms with E-state index in [2.05, 4.69) is 0 Å². The van der Waals surface area contributed by atoms with Gasteiger partial charge in [0.15, 0.2) is 6.23 Å². The molecular weight excluding hydrogens is 254 g/mol. The lowest BCUT2D eigenvalue weighted by Gasteiger charge is -2.24. The van der Waals surface area contributed by atoms with Crippen molar-refractivity contribution >= 4 is 34.2 Å². The standard InChI is InChI=1S/C8H11NO5S2/c10-1-3-5(12)6(13)7(14-3)9-4(11)2-16-8(9)15/h3,5-7,10,12-13H,1-2H2/t3-,5+,6+,7+/m0/s1. The fourth-order valence-corrected chi connectivity index (χ4v) is 2.82. The van der Waals surface area contributed by atoms with Crippen LogP contribution in [-0.2, 0) is 9.53 Å². The minimum absolute atomic E-state index is 0.214. The first kappa shape index (κ1) is 12.2. The predicted molar refractivity (Wildman–Crippen MR) is 59.7 cm³/mol. The highest BCUT2D eigenvalue weighted by atomic mass is 32.2. The summed E-state index contributed by atoms with van der Waals surface area (Å²) >= 11 is 6.14. The van der Waals surface area contributed by atoms with Gasteiger partial charge in [-0.05, 0) is 0 Å². The maximum absolute atomic E-state index is 11.5. The number of aliphatic hydroxyl groups is 3. The number of nitrogens with zero attached hydrogens (tertiary/aromatic N) is 1. The monoisotopic (exact) mass is 265 g/mol. The van der Waals surface area contributed by atoms with Gasteiger partial charge in [0.25, 0.3) is 0 Å². The third-order valence-electron chi connectivity index (χ3n) is 2.56. The lowest BCUT2D eigenvalue weighted by molar-refractivity contribution is -0.138. The molecule has 3 N–H and O–H groups in total. The molecule has 1 amide bonds. The van der Waals surface area contributed by atoms with E-state index >= 15 is 0 Å². The van der Waals surface area contributed by atoms with Crippen LogP contribution >= 0.6 is 24.0 Å². The van der Waals surface area contributed by atoms with Gasteiger partial charge in [-0.15, -0.1) is 0 Å². The Bertz CT molecular complexity index is 310. The van der Waals surface area contributed by atoms with Gasteiger partial charge in [-0.1, -0.05) is 24.0 Å². The van der Waals surface area contributed by atoms with Gasteiger partial charge in [0.2, 0.25) is 5.91 Å². The Hall–Kier alpha value is -0.250. The summed E-state index contributed by atoms with van der Waals surface area (Å²) in [4.78, 5) is 12.7. The maximum atomic E-state index is 11.5. The molecule has 2 aliphatic heterocycles. The van der Waals surface area contributed by atoms with E-state index in [0.29, 0.717) is 4.32 Å². The number of carbonyl (C=O) groups excluding carboxylic acids is 1. The second kappa shape index (κ2) is 4.55. The average molecular weight is 265 g/mol. The number of ether oxygens (including phenoxy) is 1. The van der Waals surface area contributed by atoms with Gasteiger partial charge in [-0.2, -0.15) is 0 Å². The first-order valence-corrected chi connectivity index (χ1v) is 6.07. The zero-order valence-electron chi connectivity index (χ0n) is 8.15. The van der Waals surface area contributed by atoms with Crippen molar-refractivity contribution in [3.05, 3.63) is 0 Å². The van der Waals surface area contributed by atoms with Crippen LogP contribution in [0.25, 0.3) is 0 Å². The Kier molecular flexibility index (Phi) is 3.48. The molecule has 2 fully saturated rings. The second-order valence-corrected chi connectivity index (χ2v) is 5.16. The summed E-state index contributed by atoms with van der Waals surface area (Å²) in [6.45, 7) is -0.420. The van der Waals surface area contributed by atoms with E-state index < -0.39 is 31.1 Å². The number of aliphatic hydroxyl groups excluding tert-OH is 3. The van der Waals surface area contributed by atoms with Gasteiger partial charge in [0, 0.05) is 0 Å². The Morgan fingerprint density at radius 3 is 2.62 bits per heavy atom. The van der Waals surface area contributed by atoms with Crippen LogP contribution < -0.4 is 0 Å². The molecule has 0 aliphatic carbocycles. The van der Waals surface area contributed by atoms with Crippen LogP contribution in [0.2, 0.25) is 0 Å². The Morgan fingerprint density at radius 1 is 1.50 bits per heavy atom. The molecule has 0 radical (unpaired) electrons. The number of amides is 1. The number of thiocarbonyl (C=S) groups is 1. The number of hydrogen-bond donors (Lipinski definition) is 3. The van der Waals surface area contributed by atoms with Crippen molar-refractivity contribution in [2.24, 2.45) is 0 Å². The van der Waals surface area contributed by atoms with Crippen LogP contribution in [0, 0.1) is 0 Å². The van der Waals surface area contributed by atoms with Crippen molar-refractivity contribution in [2.75, 3.05) is 12.4 Å². The lowest BCUT2D eigenvalue weighted by atomic mass is 10.1. The third-order valence-corrected chi connectivity index (χ3v) is 3.94. The fourth-order valence-electron chi connectivity index (χ4n) is 1.70. The summed E-state index contributed by atoms with van der Waals surface area (Å²) < 4.78 is 5.53. The minimum Gasteiger partial charge on any atom is -0.394 e. The summed E-state index contributed by atoms with van der Waals surface area (Å²) in [6, 6.07) is 0. The molecule has 0 spiro atoms. The molecule has 0 unspecified atom stereocenters. The Morgan fingerprint density at radius 2 is 2.19 bits per heavy atom. The average Bonchev–Trinajstić information content (AvgIpc) is 2.72. The van der Waals surface area contributed by atoms with Crippen molar-refractivity contribution in [1.29, 1.82) is 0 Å². The van der Waals surface area contributed by atoms with E-state index in [1.54, 1.807) is 0 Å². The number of hydrogen-bond acceptors (Lipinski definition) is 7. The molecule has 4 atom stereocenters. The van der Waals surface area contributed by atoms with Gasteiger partial charge in [0.05, 0.1) is 12.4 Å². The molecule has 16 heavy (non-hydrogen) atoms. The molecule has 2 rings (SSSR count). The Labute approximate surface area is 101 Å². The molecule has 2 saturated heterocycles. The summed E-state index contributed by atoms with van der Waals surface area (Å²) in [7, 11) is 0. The van der Waals surface area contributed by atoms with E-state index in [1.165, 1.54) is 11.8 Å². The normalized spacial score (nSPS) is 39.8. The third kappa shape index (κ3) is 1.85. The van der Waals surface area contributed by atoms with Gasteiger partial charge < -0.3 is 20.1 Å². The fraction of sp³-hybridized carbons (Fsp3) is 0.750. The SMILES string of the molecule is O=C1CSC(=S)N1[C@@H]1O[C@@H](CO)[C@@H](O)[C@H]1O. The number of carbonyl (C=O) groups is 1. The zero-order chi connectivity index (χ0) is 11.9. The zero-order valence-corrected chi connectivity index (χ0v) is 9.78. The highest BCUT2D eigenvalue weighted by molar-refractivity contribution is 8.23. The molecule has 8 heteroatoms. The number of thioether (sulfide) groups is 1. The van der Waals surface area contributed by atoms with Crippen molar-refractivity contribution < 1.29 is 24.9 Å². The molecular formula is C8H11NO5S2. The second-order valence-electron chi connectivity index (χ2n) is 3.55. The minimum atomic E-state index is -1.25. The molecule has 0 aromatic rings. The van der Waals surface area contributed by atoms with Crippen LogP contribution in [0.4, 0.5) is 0 Å². The molecule has 0 aromatic carbocycles. The quantitative estimate of drug-likeness (QED) is 0.512. The van der Waals surface area contributed by atoms with E-state index in [9.17, 15) is 15.0 Å². The topological polar surface area (TPSA) is 90.2 Å². The van der Waals surface area contributed by atoms with Crippen molar-refractivity contribution in [2.45, 2.75) is 24.5 Å². The molecule has 0 aromatic heterocycles. The van der Waals surface area contributed by atoms with Crippen LogP contribution in [0.5, 0.6) is 0 Å². The van der Waals surface area contributed by atoms with Crippen LogP contribution in [0.1, 0.15) is 0 Å². The van der Waals surface area contributed by atoms with Gasteiger partial charge in [-0.25, -0.2) is 0 Å². The largest absolute Gasteiger partial charge is 0.394 e. The summed E-state index contributed by atoms with van der Waals surface area (Å²) in [5.74, 6) is -0.0458. The van der Waals surface area contributed by atoms with Crippen LogP contribution in [0.15, 0.2) is 0 Å². The van der Waals surface area contributed by atoms with Crippen molar-refractivity contribution in [3.63, 3.8) is 0 Å². The van der Waals surface area contributed by atoms with E-state index in [0.717, 1.165) is 4.90 Å². The molecule has 6 nitrogen and oxygen atoms in total. The van der Waals surface area contributed by atoms with E-state index in [-0.39, 0.29) is 11.7 Å². The van der Waals surface area contributed by atoms with Gasteiger partial charge in [0.1, 0.15) is 22.6 Å².